The lowest BCUT2D eigenvalue weighted by Crippen LogP contribution is -2.53. The molecule has 2 amide bonds. The summed E-state index contributed by atoms with van der Waals surface area (Å²) in [5, 5.41) is 12.1. The van der Waals surface area contributed by atoms with Crippen molar-refractivity contribution in [3.63, 3.8) is 0 Å². The van der Waals surface area contributed by atoms with Gasteiger partial charge in [-0.25, -0.2) is 4.79 Å². The average Bonchev–Trinajstić information content (AvgIpc) is 3.28. The second-order valence-corrected chi connectivity index (χ2v) is 9.40. The molecule has 33 heavy (non-hydrogen) atoms. The zero-order valence-corrected chi connectivity index (χ0v) is 18.6. The minimum atomic E-state index is -0.764. The fraction of sp³-hybridized carbons (Fsp3) is 0.423. The van der Waals surface area contributed by atoms with E-state index < -0.39 is 18.1 Å². The maximum Gasteiger partial charge on any atom is 0.407 e. The molecule has 1 heterocycles. The smallest absolute Gasteiger partial charge is 0.407 e. The quantitative estimate of drug-likeness (QED) is 0.730. The van der Waals surface area contributed by atoms with Gasteiger partial charge in [0.25, 0.3) is 0 Å². The maximum absolute atomic E-state index is 12.9. The topological polar surface area (TPSA) is 95.9 Å². The van der Waals surface area contributed by atoms with Gasteiger partial charge < -0.3 is 20.1 Å². The first-order valence-corrected chi connectivity index (χ1v) is 11.6. The van der Waals surface area contributed by atoms with Gasteiger partial charge in [0.2, 0.25) is 5.91 Å². The molecule has 2 unspecified atom stereocenters. The predicted octanol–water partition coefficient (Wildman–Crippen LogP) is 3.48. The molecule has 7 nitrogen and oxygen atoms in total. The van der Waals surface area contributed by atoms with Crippen molar-refractivity contribution in [2.45, 2.75) is 31.7 Å². The second-order valence-electron chi connectivity index (χ2n) is 9.40. The molecule has 0 spiro atoms. The van der Waals surface area contributed by atoms with E-state index in [1.807, 2.05) is 24.3 Å². The molecule has 3 atom stereocenters. The molecule has 1 saturated carbocycles. The van der Waals surface area contributed by atoms with Crippen LogP contribution in [-0.4, -0.2) is 53.7 Å². The summed E-state index contributed by atoms with van der Waals surface area (Å²) < 4.78 is 5.55. The number of nitrogens with zero attached hydrogens (tertiary/aromatic N) is 1. The first-order chi connectivity index (χ1) is 15.9. The Labute approximate surface area is 192 Å². The average molecular weight is 449 g/mol. The number of carbonyl (C=O) groups is 3. The fourth-order valence-corrected chi connectivity index (χ4v) is 5.96. The van der Waals surface area contributed by atoms with Crippen LogP contribution in [0.15, 0.2) is 48.5 Å². The van der Waals surface area contributed by atoms with Crippen molar-refractivity contribution in [3.05, 3.63) is 59.7 Å². The SMILES string of the molecule is C[C@H](NC(=O)OCC1c2ccccc2-c2ccccc21)C(=O)N1CC2CCC(C1)C2C(=O)O. The number of piperidine rings is 1. The molecular formula is C26H28N2O5. The van der Waals surface area contributed by atoms with E-state index in [1.165, 1.54) is 0 Å². The summed E-state index contributed by atoms with van der Waals surface area (Å²) >= 11 is 0. The van der Waals surface area contributed by atoms with Crippen LogP contribution >= 0.6 is 0 Å². The van der Waals surface area contributed by atoms with Crippen LogP contribution in [0.3, 0.4) is 0 Å². The zero-order chi connectivity index (χ0) is 23.1. The van der Waals surface area contributed by atoms with E-state index in [-0.39, 0.29) is 36.2 Å². The Kier molecular flexibility index (Phi) is 5.56. The van der Waals surface area contributed by atoms with Crippen molar-refractivity contribution < 1.29 is 24.2 Å². The normalized spacial score (nSPS) is 24.0. The summed E-state index contributed by atoms with van der Waals surface area (Å²) in [6, 6.07) is 15.5. The molecule has 2 N–H and O–H groups in total. The molecule has 2 fully saturated rings. The van der Waals surface area contributed by atoms with Crippen molar-refractivity contribution in [2.24, 2.45) is 17.8 Å². The molecule has 0 radical (unpaired) electrons. The van der Waals surface area contributed by atoms with Gasteiger partial charge in [-0.05, 0) is 53.9 Å². The summed E-state index contributed by atoms with van der Waals surface area (Å²) in [7, 11) is 0. The number of alkyl carbamates (subject to hydrolysis) is 1. The van der Waals surface area contributed by atoms with E-state index in [9.17, 15) is 19.5 Å². The number of nitrogens with one attached hydrogen (secondary N) is 1. The first-order valence-electron chi connectivity index (χ1n) is 11.6. The van der Waals surface area contributed by atoms with Gasteiger partial charge in [0.05, 0.1) is 5.92 Å². The molecule has 2 aromatic carbocycles. The van der Waals surface area contributed by atoms with Crippen LogP contribution in [0.4, 0.5) is 4.79 Å². The maximum atomic E-state index is 12.9. The highest BCUT2D eigenvalue weighted by Crippen LogP contribution is 2.44. The Balaban J connectivity index is 1.18. The van der Waals surface area contributed by atoms with Crippen LogP contribution in [-0.2, 0) is 14.3 Å². The number of carbonyl (C=O) groups excluding carboxylic acids is 2. The van der Waals surface area contributed by atoms with Crippen LogP contribution in [0, 0.1) is 17.8 Å². The number of hydrogen-bond donors (Lipinski definition) is 2. The van der Waals surface area contributed by atoms with Crippen molar-refractivity contribution in [2.75, 3.05) is 19.7 Å². The van der Waals surface area contributed by atoms with Crippen LogP contribution in [0.25, 0.3) is 11.1 Å². The molecule has 1 saturated heterocycles. The molecule has 2 bridgehead atoms. The number of ether oxygens (including phenoxy) is 1. The zero-order valence-electron chi connectivity index (χ0n) is 18.6. The molecule has 5 rings (SSSR count). The number of amides is 2. The molecule has 3 aliphatic rings. The Hall–Kier alpha value is -3.35. The highest BCUT2D eigenvalue weighted by molar-refractivity contribution is 5.86. The van der Waals surface area contributed by atoms with E-state index in [4.69, 9.17) is 4.74 Å². The minimum absolute atomic E-state index is 0.00754. The fourth-order valence-electron chi connectivity index (χ4n) is 5.96. The minimum Gasteiger partial charge on any atom is -0.481 e. The van der Waals surface area contributed by atoms with Gasteiger partial charge in [-0.15, -0.1) is 0 Å². The van der Waals surface area contributed by atoms with Crippen molar-refractivity contribution in [1.29, 1.82) is 0 Å². The number of aliphatic carboxylic acids is 1. The van der Waals surface area contributed by atoms with E-state index >= 15 is 0 Å². The van der Waals surface area contributed by atoms with E-state index in [0.29, 0.717) is 13.1 Å². The predicted molar refractivity (Wildman–Crippen MR) is 122 cm³/mol. The lowest BCUT2D eigenvalue weighted by molar-refractivity contribution is -0.150. The molecule has 7 heteroatoms. The summed E-state index contributed by atoms with van der Waals surface area (Å²) in [6.07, 6.45) is 1.04. The van der Waals surface area contributed by atoms with Gasteiger partial charge in [-0.1, -0.05) is 48.5 Å². The van der Waals surface area contributed by atoms with Gasteiger partial charge in [0.15, 0.2) is 0 Å². The monoisotopic (exact) mass is 448 g/mol. The molecular weight excluding hydrogens is 420 g/mol. The highest BCUT2D eigenvalue weighted by atomic mass is 16.5. The summed E-state index contributed by atoms with van der Waals surface area (Å²) in [6.45, 7) is 2.70. The molecule has 172 valence electrons. The number of likely N-dealkylation sites (tertiary alicyclic amines) is 1. The highest BCUT2D eigenvalue weighted by Gasteiger charge is 2.47. The largest absolute Gasteiger partial charge is 0.481 e. The summed E-state index contributed by atoms with van der Waals surface area (Å²) in [5.74, 6) is -1.37. The van der Waals surface area contributed by atoms with Crippen molar-refractivity contribution >= 4 is 18.0 Å². The Morgan fingerprint density at radius 1 is 1.00 bits per heavy atom. The molecule has 2 aromatic rings. The number of rotatable bonds is 5. The number of fused-ring (bicyclic) bond motifs is 5. The van der Waals surface area contributed by atoms with Crippen molar-refractivity contribution in [3.8, 4) is 11.1 Å². The molecule has 0 aromatic heterocycles. The van der Waals surface area contributed by atoms with Crippen LogP contribution < -0.4 is 5.32 Å². The van der Waals surface area contributed by atoms with E-state index in [2.05, 4.69) is 29.6 Å². The number of hydrogen-bond acceptors (Lipinski definition) is 4. The number of carboxylic acid groups (broad SMARTS) is 1. The molecule has 1 aliphatic heterocycles. The Bertz CT molecular complexity index is 1040. The number of carboxylic acids is 1. The molecule has 2 aliphatic carbocycles. The second kappa shape index (κ2) is 8.54. The van der Waals surface area contributed by atoms with Gasteiger partial charge in [-0.3, -0.25) is 9.59 Å². The van der Waals surface area contributed by atoms with Crippen LogP contribution in [0.2, 0.25) is 0 Å². The third-order valence-electron chi connectivity index (χ3n) is 7.48. The van der Waals surface area contributed by atoms with Crippen LogP contribution in [0.1, 0.15) is 36.8 Å². The van der Waals surface area contributed by atoms with Crippen molar-refractivity contribution in [1.82, 2.24) is 10.2 Å². The number of benzene rings is 2. The van der Waals surface area contributed by atoms with Gasteiger partial charge in [-0.2, -0.15) is 0 Å². The van der Waals surface area contributed by atoms with E-state index in [1.54, 1.807) is 11.8 Å². The van der Waals surface area contributed by atoms with E-state index in [0.717, 1.165) is 35.1 Å². The lowest BCUT2D eigenvalue weighted by atomic mass is 9.85. The lowest BCUT2D eigenvalue weighted by Gasteiger charge is -2.37. The van der Waals surface area contributed by atoms with Crippen LogP contribution in [0.5, 0.6) is 0 Å². The standard InChI is InChI=1S/C26H28N2O5/c1-15(24(29)28-12-16-10-11-17(13-28)23(16)25(30)31)27-26(32)33-14-22-20-8-4-2-6-18(20)19-7-3-5-9-21(19)22/h2-9,15-17,22-23H,10-14H2,1H3,(H,27,32)(H,30,31)/t15-,16?,17?,23?/m0/s1. The Morgan fingerprint density at radius 3 is 2.09 bits per heavy atom. The summed E-state index contributed by atoms with van der Waals surface area (Å²) in [5.41, 5.74) is 4.58. The van der Waals surface area contributed by atoms with Gasteiger partial charge in [0, 0.05) is 19.0 Å². The summed E-state index contributed by atoms with van der Waals surface area (Å²) in [4.78, 5) is 38.7. The Morgan fingerprint density at radius 2 is 1.55 bits per heavy atom. The van der Waals surface area contributed by atoms with Gasteiger partial charge >= 0.3 is 12.1 Å². The van der Waals surface area contributed by atoms with Gasteiger partial charge in [0.1, 0.15) is 12.6 Å². The third-order valence-corrected chi connectivity index (χ3v) is 7.48. The third kappa shape index (κ3) is 3.86. The first kappa shape index (κ1) is 21.5.